The molecule has 1 amide bonds. The van der Waals surface area contributed by atoms with Crippen molar-refractivity contribution in [3.63, 3.8) is 0 Å². The Hall–Kier alpha value is -2.12. The number of anilines is 1. The number of fused-ring (bicyclic) bond motifs is 1. The maximum Gasteiger partial charge on any atom is 0.260 e. The lowest BCUT2D eigenvalue weighted by molar-refractivity contribution is 0.0917. The summed E-state index contributed by atoms with van der Waals surface area (Å²) in [4.78, 5) is 20.0. The fourth-order valence-corrected chi connectivity index (χ4v) is 6.71. The third kappa shape index (κ3) is 6.66. The van der Waals surface area contributed by atoms with E-state index in [1.807, 2.05) is 12.1 Å². The van der Waals surface area contributed by atoms with Gasteiger partial charge < -0.3 is 14.2 Å². The molecule has 2 heterocycles. The number of amides is 1. The van der Waals surface area contributed by atoms with E-state index in [-0.39, 0.29) is 43.2 Å². The van der Waals surface area contributed by atoms with E-state index in [9.17, 15) is 13.2 Å². The van der Waals surface area contributed by atoms with Crippen molar-refractivity contribution in [2.24, 2.45) is 0 Å². The number of benzene rings is 2. The van der Waals surface area contributed by atoms with E-state index >= 15 is 0 Å². The number of methoxy groups -OCH3 is 2. The van der Waals surface area contributed by atoms with Crippen LogP contribution in [0.1, 0.15) is 23.2 Å². The van der Waals surface area contributed by atoms with Crippen LogP contribution in [0.3, 0.4) is 0 Å². The van der Waals surface area contributed by atoms with Crippen LogP contribution in [0.15, 0.2) is 47.4 Å². The number of ether oxygens (including phenoxy) is 3. The van der Waals surface area contributed by atoms with Crippen molar-refractivity contribution in [3.8, 4) is 0 Å². The van der Waals surface area contributed by atoms with Gasteiger partial charge in [0.25, 0.3) is 5.91 Å². The van der Waals surface area contributed by atoms with Gasteiger partial charge in [-0.1, -0.05) is 22.9 Å². The molecular weight excluding hydrogens is 538 g/mol. The maximum absolute atomic E-state index is 13.7. The number of carbonyl (C=O) groups is 1. The number of halogens is 1. The SMILES string of the molecule is COCCN(CCOC)S(=O)(=O)c1ccc(C(=O)N(CC2CCCO2)c2nc3ccc(Cl)cc3s2)cc1. The highest BCUT2D eigenvalue weighted by molar-refractivity contribution is 7.89. The first-order valence-electron chi connectivity index (χ1n) is 11.9. The number of hydrogen-bond acceptors (Lipinski definition) is 8. The highest BCUT2D eigenvalue weighted by Crippen LogP contribution is 2.32. The van der Waals surface area contributed by atoms with Crippen LogP contribution in [0.25, 0.3) is 10.2 Å². The van der Waals surface area contributed by atoms with Gasteiger partial charge in [0.1, 0.15) is 0 Å². The lowest BCUT2D eigenvalue weighted by Gasteiger charge is -2.24. The molecule has 1 saturated heterocycles. The number of rotatable bonds is 12. The number of sulfonamides is 1. The topological polar surface area (TPSA) is 98.3 Å². The van der Waals surface area contributed by atoms with Gasteiger partial charge in [-0.3, -0.25) is 9.69 Å². The Morgan fingerprint density at radius 2 is 1.84 bits per heavy atom. The van der Waals surface area contributed by atoms with E-state index in [0.29, 0.717) is 28.9 Å². The number of aromatic nitrogens is 1. The van der Waals surface area contributed by atoms with Gasteiger partial charge in [0.05, 0.1) is 41.0 Å². The molecule has 37 heavy (non-hydrogen) atoms. The van der Waals surface area contributed by atoms with Crippen molar-refractivity contribution >= 4 is 54.2 Å². The van der Waals surface area contributed by atoms with E-state index in [4.69, 9.17) is 25.8 Å². The third-order valence-electron chi connectivity index (χ3n) is 6.05. The summed E-state index contributed by atoms with van der Waals surface area (Å²) in [5.41, 5.74) is 1.11. The summed E-state index contributed by atoms with van der Waals surface area (Å²) in [5, 5.41) is 1.14. The summed E-state index contributed by atoms with van der Waals surface area (Å²) in [6.45, 7) is 1.92. The van der Waals surface area contributed by atoms with Crippen molar-refractivity contribution in [3.05, 3.63) is 53.1 Å². The summed E-state index contributed by atoms with van der Waals surface area (Å²) in [5.74, 6) is -0.278. The minimum Gasteiger partial charge on any atom is -0.383 e. The molecule has 1 aromatic heterocycles. The molecule has 2 aromatic carbocycles. The Bertz CT molecular complexity index is 1300. The van der Waals surface area contributed by atoms with Crippen LogP contribution in [0.2, 0.25) is 5.02 Å². The fourth-order valence-electron chi connectivity index (χ4n) is 4.05. The van der Waals surface area contributed by atoms with Gasteiger partial charge in [0.15, 0.2) is 5.13 Å². The number of hydrogen-bond donors (Lipinski definition) is 0. The molecule has 0 aliphatic carbocycles. The Labute approximate surface area is 225 Å². The van der Waals surface area contributed by atoms with Gasteiger partial charge in [0.2, 0.25) is 10.0 Å². The molecule has 4 rings (SSSR count). The van der Waals surface area contributed by atoms with Gasteiger partial charge in [-0.15, -0.1) is 0 Å². The van der Waals surface area contributed by atoms with E-state index in [1.165, 1.54) is 54.1 Å². The van der Waals surface area contributed by atoms with Crippen molar-refractivity contribution in [2.45, 2.75) is 23.8 Å². The molecule has 0 radical (unpaired) electrons. The highest BCUT2D eigenvalue weighted by atomic mass is 35.5. The average Bonchev–Trinajstić information content (AvgIpc) is 3.56. The molecule has 12 heteroatoms. The number of thiazole rings is 1. The van der Waals surface area contributed by atoms with Crippen LogP contribution in [0.5, 0.6) is 0 Å². The molecule has 1 aliphatic heterocycles. The minimum absolute atomic E-state index is 0.0886. The summed E-state index contributed by atoms with van der Waals surface area (Å²) >= 11 is 7.53. The minimum atomic E-state index is -3.79. The molecule has 3 aromatic rings. The second-order valence-electron chi connectivity index (χ2n) is 8.57. The second kappa shape index (κ2) is 12.6. The average molecular weight is 568 g/mol. The lowest BCUT2D eigenvalue weighted by Crippen LogP contribution is -2.38. The van der Waals surface area contributed by atoms with Crippen LogP contribution in [0.4, 0.5) is 5.13 Å². The van der Waals surface area contributed by atoms with Gasteiger partial charge in [0, 0.05) is 44.5 Å². The smallest absolute Gasteiger partial charge is 0.260 e. The molecular formula is C25H30ClN3O6S2. The highest BCUT2D eigenvalue weighted by Gasteiger charge is 2.28. The molecule has 1 fully saturated rings. The van der Waals surface area contributed by atoms with Crippen LogP contribution >= 0.6 is 22.9 Å². The molecule has 1 aliphatic rings. The number of carbonyl (C=O) groups excluding carboxylic acids is 1. The molecule has 9 nitrogen and oxygen atoms in total. The van der Waals surface area contributed by atoms with E-state index < -0.39 is 10.0 Å². The molecule has 0 saturated carbocycles. The quantitative estimate of drug-likeness (QED) is 0.325. The van der Waals surface area contributed by atoms with Crippen LogP contribution in [-0.4, -0.2) is 83.4 Å². The predicted octanol–water partition coefficient (Wildman–Crippen LogP) is 4.06. The van der Waals surface area contributed by atoms with Crippen LogP contribution in [0, 0.1) is 0 Å². The van der Waals surface area contributed by atoms with Crippen molar-refractivity contribution in [1.29, 1.82) is 0 Å². The molecule has 1 atom stereocenters. The first kappa shape index (κ1) is 27.9. The van der Waals surface area contributed by atoms with E-state index in [2.05, 4.69) is 4.98 Å². The standard InChI is InChI=1S/C25H30ClN3O6S2/c1-33-14-11-28(12-15-34-2)37(31,32)21-8-5-18(6-9-21)24(30)29(17-20-4-3-13-35-20)25-27-22-10-7-19(26)16-23(22)36-25/h5-10,16,20H,3-4,11-15,17H2,1-2H3. The Morgan fingerprint density at radius 1 is 1.14 bits per heavy atom. The zero-order valence-corrected chi connectivity index (χ0v) is 23.2. The van der Waals surface area contributed by atoms with Crippen molar-refractivity contribution in [2.75, 3.05) is 58.6 Å². The lowest BCUT2D eigenvalue weighted by atomic mass is 10.2. The predicted molar refractivity (Wildman–Crippen MR) is 144 cm³/mol. The molecule has 0 N–H and O–H groups in total. The number of nitrogens with zero attached hydrogens (tertiary/aromatic N) is 3. The molecule has 0 spiro atoms. The molecule has 0 bridgehead atoms. The van der Waals surface area contributed by atoms with Gasteiger partial charge in [-0.2, -0.15) is 4.31 Å². The van der Waals surface area contributed by atoms with Gasteiger partial charge in [-0.05, 0) is 55.3 Å². The van der Waals surface area contributed by atoms with Crippen molar-refractivity contribution in [1.82, 2.24) is 9.29 Å². The Balaban J connectivity index is 1.60. The zero-order valence-electron chi connectivity index (χ0n) is 20.8. The van der Waals surface area contributed by atoms with Gasteiger partial charge >= 0.3 is 0 Å². The van der Waals surface area contributed by atoms with Crippen molar-refractivity contribution < 1.29 is 27.4 Å². The molecule has 200 valence electrons. The van der Waals surface area contributed by atoms with Crippen LogP contribution in [-0.2, 0) is 24.2 Å². The summed E-state index contributed by atoms with van der Waals surface area (Å²) < 4.78 is 44.6. The van der Waals surface area contributed by atoms with E-state index in [1.54, 1.807) is 11.0 Å². The fraction of sp³-hybridized carbons (Fsp3) is 0.440. The first-order valence-corrected chi connectivity index (χ1v) is 14.5. The van der Waals surface area contributed by atoms with E-state index in [0.717, 1.165) is 23.1 Å². The first-order chi connectivity index (χ1) is 17.8. The third-order valence-corrected chi connectivity index (χ3v) is 9.24. The maximum atomic E-state index is 13.7. The Kier molecular flexibility index (Phi) is 9.51. The summed E-state index contributed by atoms with van der Waals surface area (Å²) in [7, 11) is -0.759. The summed E-state index contributed by atoms with van der Waals surface area (Å²) in [6, 6.07) is 11.4. The van der Waals surface area contributed by atoms with Gasteiger partial charge in [-0.25, -0.2) is 13.4 Å². The second-order valence-corrected chi connectivity index (χ2v) is 12.0. The monoisotopic (exact) mass is 567 g/mol. The van der Waals surface area contributed by atoms with Crippen LogP contribution < -0.4 is 4.90 Å². The summed E-state index contributed by atoms with van der Waals surface area (Å²) in [6.07, 6.45) is 1.71. The zero-order chi connectivity index (χ0) is 26.4. The largest absolute Gasteiger partial charge is 0.383 e. The normalized spacial score (nSPS) is 16.1. The Morgan fingerprint density at radius 3 is 2.46 bits per heavy atom. The molecule has 1 unspecified atom stereocenters.